The van der Waals surface area contributed by atoms with E-state index in [0.29, 0.717) is 30.8 Å². The number of ether oxygens (including phenoxy) is 2. The van der Waals surface area contributed by atoms with Crippen LogP contribution >= 0.6 is 0 Å². The van der Waals surface area contributed by atoms with Crippen molar-refractivity contribution >= 4 is 5.78 Å². The molecule has 7 heteroatoms. The topological polar surface area (TPSA) is 99.5 Å². The monoisotopic (exact) mass is 415 g/mol. The zero-order valence-corrected chi connectivity index (χ0v) is 17.0. The fourth-order valence-corrected chi connectivity index (χ4v) is 6.61. The third kappa shape index (κ3) is 2.38. The third-order valence-corrected chi connectivity index (χ3v) is 8.19. The second kappa shape index (κ2) is 6.42. The summed E-state index contributed by atoms with van der Waals surface area (Å²) in [4.78, 5) is 15.5. The Morgan fingerprint density at radius 1 is 1.30 bits per heavy atom. The minimum Gasteiger partial charge on any atom is -0.487 e. The van der Waals surface area contributed by atoms with Gasteiger partial charge in [-0.2, -0.15) is 0 Å². The van der Waals surface area contributed by atoms with Gasteiger partial charge in [0, 0.05) is 24.6 Å². The van der Waals surface area contributed by atoms with Crippen LogP contribution in [0.2, 0.25) is 0 Å². The number of ketones is 1. The smallest absolute Gasteiger partial charge is 0.174 e. The number of carbonyl (C=O) groups excluding carboxylic acids is 1. The Kier molecular flexibility index (Phi) is 4.08. The van der Waals surface area contributed by atoms with Gasteiger partial charge in [0.2, 0.25) is 0 Å². The molecule has 7 nitrogen and oxygen atoms in total. The Labute approximate surface area is 175 Å². The molecule has 3 N–H and O–H groups in total. The number of aliphatic hydroxyl groups is 3. The minimum atomic E-state index is -0.986. The van der Waals surface area contributed by atoms with Crippen molar-refractivity contribution in [1.29, 1.82) is 0 Å². The number of rotatable bonds is 6. The molecule has 1 saturated heterocycles. The third-order valence-electron chi connectivity index (χ3n) is 8.19. The van der Waals surface area contributed by atoms with Gasteiger partial charge in [0.25, 0.3) is 0 Å². The quantitative estimate of drug-likeness (QED) is 0.624. The van der Waals surface area contributed by atoms with Crippen LogP contribution in [0.3, 0.4) is 0 Å². The first-order valence-corrected chi connectivity index (χ1v) is 11.2. The van der Waals surface area contributed by atoms with E-state index in [-0.39, 0.29) is 25.0 Å². The van der Waals surface area contributed by atoms with Gasteiger partial charge in [0.05, 0.1) is 17.6 Å². The fraction of sp³-hybridized carbons (Fsp3) is 0.696. The molecule has 2 saturated carbocycles. The number of aliphatic hydroxyl groups excluding tert-OH is 2. The molecule has 6 rings (SSSR count). The average molecular weight is 415 g/mol. The van der Waals surface area contributed by atoms with Gasteiger partial charge >= 0.3 is 0 Å². The van der Waals surface area contributed by atoms with Crippen molar-refractivity contribution in [2.45, 2.75) is 67.8 Å². The molecule has 1 aromatic rings. The molecule has 5 atom stereocenters. The van der Waals surface area contributed by atoms with Gasteiger partial charge in [0.15, 0.2) is 23.4 Å². The van der Waals surface area contributed by atoms with Gasteiger partial charge in [-0.05, 0) is 56.2 Å². The second-order valence-electron chi connectivity index (χ2n) is 9.84. The maximum atomic E-state index is 13.0. The summed E-state index contributed by atoms with van der Waals surface area (Å²) in [6.07, 6.45) is 3.15. The summed E-state index contributed by atoms with van der Waals surface area (Å²) in [6, 6.07) is 3.87. The lowest BCUT2D eigenvalue weighted by molar-refractivity contribution is -0.188. The molecule has 1 unspecified atom stereocenters. The van der Waals surface area contributed by atoms with Crippen LogP contribution in [-0.4, -0.2) is 76.2 Å². The van der Waals surface area contributed by atoms with Gasteiger partial charge in [-0.1, -0.05) is 6.07 Å². The van der Waals surface area contributed by atoms with Crippen LogP contribution in [0.25, 0.3) is 0 Å². The first-order valence-electron chi connectivity index (χ1n) is 11.2. The van der Waals surface area contributed by atoms with E-state index in [1.807, 2.05) is 12.1 Å². The zero-order chi connectivity index (χ0) is 20.7. The van der Waals surface area contributed by atoms with E-state index in [1.54, 1.807) is 0 Å². The molecule has 0 amide bonds. The Hall–Kier alpha value is -1.67. The van der Waals surface area contributed by atoms with Gasteiger partial charge in [-0.3, -0.25) is 9.69 Å². The summed E-state index contributed by atoms with van der Waals surface area (Å²) in [7, 11) is 0. The highest BCUT2D eigenvalue weighted by atomic mass is 16.5. The van der Waals surface area contributed by atoms with Crippen molar-refractivity contribution in [3.8, 4) is 11.5 Å². The van der Waals surface area contributed by atoms with E-state index < -0.39 is 23.2 Å². The predicted molar refractivity (Wildman–Crippen MR) is 107 cm³/mol. The maximum absolute atomic E-state index is 13.0. The summed E-state index contributed by atoms with van der Waals surface area (Å²) in [5.74, 6) is 1.82. The van der Waals surface area contributed by atoms with E-state index in [1.165, 1.54) is 12.8 Å². The molecule has 2 bridgehead atoms. The lowest BCUT2D eigenvalue weighted by Crippen LogP contribution is -2.76. The molecule has 2 aliphatic heterocycles. The molecule has 30 heavy (non-hydrogen) atoms. The summed E-state index contributed by atoms with van der Waals surface area (Å²) < 4.78 is 12.1. The molecular formula is C23H29NO6. The van der Waals surface area contributed by atoms with Crippen LogP contribution < -0.4 is 9.47 Å². The number of carbonyl (C=O) groups is 1. The number of piperidine rings is 1. The number of hydrogen-bond donors (Lipinski definition) is 3. The maximum Gasteiger partial charge on any atom is 0.174 e. The van der Waals surface area contributed by atoms with Crippen LogP contribution in [0.5, 0.6) is 11.5 Å². The number of Topliss-reactive ketones (excluding diaryl/α,β-unsaturated/α-hetero) is 1. The molecule has 0 radical (unpaired) electrons. The van der Waals surface area contributed by atoms with Crippen molar-refractivity contribution in [3.05, 3.63) is 23.3 Å². The number of likely N-dealkylation sites (tertiary alicyclic amines) is 1. The van der Waals surface area contributed by atoms with Crippen LogP contribution in [0.1, 0.15) is 43.2 Å². The van der Waals surface area contributed by atoms with Gasteiger partial charge in [0.1, 0.15) is 12.7 Å². The highest BCUT2D eigenvalue weighted by Crippen LogP contribution is 2.65. The molecule has 3 fully saturated rings. The summed E-state index contributed by atoms with van der Waals surface area (Å²) in [5.41, 5.74) is 0.374. The van der Waals surface area contributed by atoms with Gasteiger partial charge < -0.3 is 24.8 Å². The van der Waals surface area contributed by atoms with Crippen LogP contribution in [0.4, 0.5) is 0 Å². The standard InChI is InChI=1S/C23H29NO6/c25-11-15(26)12-29-17-4-3-14-9-18-23(28)6-5-16(27)21-22(23,19(14)20(17)30-21)7-8-24(18)10-13-1-2-13/h3-4,13,15,18,21,25-26,28H,1-2,5-12H2/t15?,18-,21+,22+,23-/m1/s1. The molecule has 5 aliphatic rings. The lowest BCUT2D eigenvalue weighted by Gasteiger charge is -2.62. The van der Waals surface area contributed by atoms with Crippen LogP contribution in [0, 0.1) is 5.92 Å². The van der Waals surface area contributed by atoms with E-state index in [2.05, 4.69) is 4.90 Å². The van der Waals surface area contributed by atoms with Crippen molar-refractivity contribution in [3.63, 3.8) is 0 Å². The van der Waals surface area contributed by atoms with Gasteiger partial charge in [-0.25, -0.2) is 0 Å². The minimum absolute atomic E-state index is 0.00693. The normalized spacial score (nSPS) is 37.5. The first-order chi connectivity index (χ1) is 14.5. The number of nitrogens with zero attached hydrogens (tertiary/aromatic N) is 1. The zero-order valence-electron chi connectivity index (χ0n) is 17.0. The highest BCUT2D eigenvalue weighted by Gasteiger charge is 2.73. The van der Waals surface area contributed by atoms with Crippen molar-refractivity contribution in [2.75, 3.05) is 26.3 Å². The fourth-order valence-electron chi connectivity index (χ4n) is 6.61. The van der Waals surface area contributed by atoms with Crippen LogP contribution in [0.15, 0.2) is 12.1 Å². The average Bonchev–Trinajstić information content (AvgIpc) is 3.48. The Balaban J connectivity index is 1.46. The Bertz CT molecular complexity index is 900. The summed E-state index contributed by atoms with van der Waals surface area (Å²) >= 11 is 0. The second-order valence-corrected chi connectivity index (χ2v) is 9.84. The van der Waals surface area contributed by atoms with Gasteiger partial charge in [-0.15, -0.1) is 0 Å². The van der Waals surface area contributed by atoms with E-state index in [9.17, 15) is 15.0 Å². The van der Waals surface area contributed by atoms with Crippen molar-refractivity contribution in [2.24, 2.45) is 5.92 Å². The highest BCUT2D eigenvalue weighted by molar-refractivity contribution is 5.90. The van der Waals surface area contributed by atoms with E-state index >= 15 is 0 Å². The lowest BCUT2D eigenvalue weighted by atomic mass is 9.49. The number of hydrogen-bond acceptors (Lipinski definition) is 7. The SMILES string of the molecule is O=C1CC[C@@]2(O)[C@H]3Cc4ccc(OCC(O)CO)c5c4[C@@]2(CCN3CC2CC2)[C@H]1O5. The van der Waals surface area contributed by atoms with Crippen molar-refractivity contribution < 1.29 is 29.6 Å². The molecule has 1 aromatic carbocycles. The molecule has 162 valence electrons. The summed E-state index contributed by atoms with van der Waals surface area (Å²) in [6.45, 7) is 1.46. The largest absolute Gasteiger partial charge is 0.487 e. The Morgan fingerprint density at radius 3 is 2.90 bits per heavy atom. The van der Waals surface area contributed by atoms with E-state index in [4.69, 9.17) is 14.6 Å². The van der Waals surface area contributed by atoms with Crippen LogP contribution in [-0.2, 0) is 16.6 Å². The molecule has 0 aromatic heterocycles. The predicted octanol–water partition coefficient (Wildman–Crippen LogP) is 0.552. The number of benzene rings is 1. The Morgan fingerprint density at radius 2 is 2.13 bits per heavy atom. The van der Waals surface area contributed by atoms with Crippen molar-refractivity contribution in [1.82, 2.24) is 4.90 Å². The van der Waals surface area contributed by atoms with E-state index in [0.717, 1.165) is 36.6 Å². The first kappa shape index (κ1) is 19.0. The molecule has 3 aliphatic carbocycles. The molecular weight excluding hydrogens is 386 g/mol. The molecule has 2 heterocycles. The molecule has 1 spiro atoms. The summed E-state index contributed by atoms with van der Waals surface area (Å²) in [5, 5.41) is 31.0.